The topological polar surface area (TPSA) is 18.5 Å². The van der Waals surface area contributed by atoms with Gasteiger partial charge in [0, 0.05) is 11.1 Å². The standard InChI is InChI=1S/C17H18O2/c1-14-8-10-16(11-9-14)17(18-12-5-13-19-17)15-6-3-2-4-7-15/h2-4,6-11H,5,12-13H2,1H3. The fourth-order valence-corrected chi connectivity index (χ4v) is 2.46. The highest BCUT2D eigenvalue weighted by molar-refractivity contribution is 5.35. The van der Waals surface area contributed by atoms with Gasteiger partial charge in [-0.3, -0.25) is 0 Å². The average Bonchev–Trinajstić information content (AvgIpc) is 2.49. The van der Waals surface area contributed by atoms with Crippen molar-refractivity contribution in [2.75, 3.05) is 13.2 Å². The number of benzene rings is 2. The van der Waals surface area contributed by atoms with Crippen LogP contribution in [0.2, 0.25) is 0 Å². The first-order chi connectivity index (χ1) is 9.31. The molecule has 1 fully saturated rings. The molecule has 0 N–H and O–H groups in total. The van der Waals surface area contributed by atoms with E-state index in [0.717, 1.165) is 30.8 Å². The van der Waals surface area contributed by atoms with Gasteiger partial charge < -0.3 is 9.47 Å². The molecule has 3 rings (SSSR count). The van der Waals surface area contributed by atoms with E-state index in [4.69, 9.17) is 9.47 Å². The maximum atomic E-state index is 6.06. The fourth-order valence-electron chi connectivity index (χ4n) is 2.46. The molecular weight excluding hydrogens is 236 g/mol. The first-order valence-electron chi connectivity index (χ1n) is 6.72. The summed E-state index contributed by atoms with van der Waals surface area (Å²) in [5.74, 6) is -0.743. The van der Waals surface area contributed by atoms with Crippen LogP contribution in [-0.4, -0.2) is 13.2 Å². The largest absolute Gasteiger partial charge is 0.342 e. The molecule has 2 nitrogen and oxygen atoms in total. The average molecular weight is 254 g/mol. The molecular formula is C17H18O2. The summed E-state index contributed by atoms with van der Waals surface area (Å²) < 4.78 is 12.1. The predicted molar refractivity (Wildman–Crippen MR) is 74.9 cm³/mol. The summed E-state index contributed by atoms with van der Waals surface area (Å²) in [4.78, 5) is 0. The molecule has 0 atom stereocenters. The minimum Gasteiger partial charge on any atom is -0.342 e. The second kappa shape index (κ2) is 5.16. The van der Waals surface area contributed by atoms with E-state index in [1.165, 1.54) is 5.56 Å². The van der Waals surface area contributed by atoms with Gasteiger partial charge in [0.05, 0.1) is 13.2 Å². The molecule has 1 aliphatic rings. The second-order valence-electron chi connectivity index (χ2n) is 4.90. The van der Waals surface area contributed by atoms with Crippen LogP contribution in [0.25, 0.3) is 0 Å². The number of hydrogen-bond acceptors (Lipinski definition) is 2. The van der Waals surface area contributed by atoms with Gasteiger partial charge in [-0.1, -0.05) is 60.2 Å². The van der Waals surface area contributed by atoms with Crippen LogP contribution in [0.3, 0.4) is 0 Å². The van der Waals surface area contributed by atoms with Gasteiger partial charge in [-0.25, -0.2) is 0 Å². The van der Waals surface area contributed by atoms with Crippen molar-refractivity contribution in [2.45, 2.75) is 19.1 Å². The third kappa shape index (κ3) is 2.29. The fraction of sp³-hybridized carbons (Fsp3) is 0.294. The van der Waals surface area contributed by atoms with Crippen LogP contribution in [0.5, 0.6) is 0 Å². The zero-order chi connectivity index (χ0) is 13.1. The second-order valence-corrected chi connectivity index (χ2v) is 4.90. The van der Waals surface area contributed by atoms with E-state index in [1.54, 1.807) is 0 Å². The Morgan fingerprint density at radius 1 is 0.789 bits per heavy atom. The van der Waals surface area contributed by atoms with Gasteiger partial charge in [0.1, 0.15) is 0 Å². The number of aryl methyl sites for hydroxylation is 1. The van der Waals surface area contributed by atoms with E-state index in [9.17, 15) is 0 Å². The summed E-state index contributed by atoms with van der Waals surface area (Å²) in [5.41, 5.74) is 3.35. The molecule has 0 unspecified atom stereocenters. The molecule has 98 valence electrons. The van der Waals surface area contributed by atoms with Gasteiger partial charge in [0.15, 0.2) is 0 Å². The van der Waals surface area contributed by atoms with Gasteiger partial charge in [-0.15, -0.1) is 0 Å². The number of ether oxygens (including phenoxy) is 2. The van der Waals surface area contributed by atoms with Gasteiger partial charge in [-0.05, 0) is 13.3 Å². The van der Waals surface area contributed by atoms with Crippen LogP contribution in [0, 0.1) is 6.92 Å². The Balaban J connectivity index is 2.09. The SMILES string of the molecule is Cc1ccc(C2(c3ccccc3)OCCCO2)cc1. The lowest BCUT2D eigenvalue weighted by Gasteiger charge is -2.38. The first-order valence-corrected chi connectivity index (χ1v) is 6.72. The highest BCUT2D eigenvalue weighted by Crippen LogP contribution is 2.37. The Kier molecular flexibility index (Phi) is 3.36. The minimum absolute atomic E-state index is 0.725. The highest BCUT2D eigenvalue weighted by atomic mass is 16.7. The summed E-state index contributed by atoms with van der Waals surface area (Å²) in [5, 5.41) is 0. The lowest BCUT2D eigenvalue weighted by atomic mass is 9.95. The van der Waals surface area contributed by atoms with Crippen LogP contribution in [0.4, 0.5) is 0 Å². The first kappa shape index (κ1) is 12.4. The van der Waals surface area contributed by atoms with Crippen molar-refractivity contribution >= 4 is 0 Å². The quantitative estimate of drug-likeness (QED) is 0.814. The van der Waals surface area contributed by atoms with E-state index in [2.05, 4.69) is 43.3 Å². The predicted octanol–water partition coefficient (Wildman–Crippen LogP) is 3.63. The van der Waals surface area contributed by atoms with Crippen LogP contribution < -0.4 is 0 Å². The Morgan fingerprint density at radius 3 is 2.00 bits per heavy atom. The monoisotopic (exact) mass is 254 g/mol. The van der Waals surface area contributed by atoms with Crippen molar-refractivity contribution in [1.82, 2.24) is 0 Å². The molecule has 1 heterocycles. The molecule has 2 aromatic carbocycles. The Hall–Kier alpha value is -1.64. The lowest BCUT2D eigenvalue weighted by molar-refractivity contribution is -0.249. The third-order valence-corrected chi connectivity index (χ3v) is 3.48. The zero-order valence-corrected chi connectivity index (χ0v) is 11.1. The molecule has 0 aliphatic carbocycles. The van der Waals surface area contributed by atoms with E-state index in [-0.39, 0.29) is 0 Å². The van der Waals surface area contributed by atoms with Crippen molar-refractivity contribution < 1.29 is 9.47 Å². The number of rotatable bonds is 2. The molecule has 0 bridgehead atoms. The molecule has 0 saturated carbocycles. The molecule has 0 aromatic heterocycles. The molecule has 0 radical (unpaired) electrons. The Bertz CT molecular complexity index is 525. The molecule has 0 spiro atoms. The Morgan fingerprint density at radius 2 is 1.37 bits per heavy atom. The molecule has 0 amide bonds. The molecule has 19 heavy (non-hydrogen) atoms. The van der Waals surface area contributed by atoms with Gasteiger partial charge in [0.25, 0.3) is 0 Å². The lowest BCUT2D eigenvalue weighted by Crippen LogP contribution is -2.39. The summed E-state index contributed by atoms with van der Waals surface area (Å²) in [7, 11) is 0. The minimum atomic E-state index is -0.743. The molecule has 1 aliphatic heterocycles. The van der Waals surface area contributed by atoms with E-state index in [0.29, 0.717) is 0 Å². The summed E-state index contributed by atoms with van der Waals surface area (Å²) in [6.07, 6.45) is 0.945. The van der Waals surface area contributed by atoms with Gasteiger partial charge in [0.2, 0.25) is 5.79 Å². The Labute approximate surface area is 114 Å². The summed E-state index contributed by atoms with van der Waals surface area (Å²) in [6, 6.07) is 18.6. The highest BCUT2D eigenvalue weighted by Gasteiger charge is 2.38. The maximum Gasteiger partial charge on any atom is 0.222 e. The van der Waals surface area contributed by atoms with Crippen LogP contribution in [-0.2, 0) is 15.3 Å². The van der Waals surface area contributed by atoms with Crippen LogP contribution in [0.15, 0.2) is 54.6 Å². The van der Waals surface area contributed by atoms with Crippen LogP contribution in [0.1, 0.15) is 23.1 Å². The maximum absolute atomic E-state index is 6.06. The zero-order valence-electron chi connectivity index (χ0n) is 11.1. The van der Waals surface area contributed by atoms with E-state index < -0.39 is 5.79 Å². The number of hydrogen-bond donors (Lipinski definition) is 0. The van der Waals surface area contributed by atoms with Crippen molar-refractivity contribution in [2.24, 2.45) is 0 Å². The smallest absolute Gasteiger partial charge is 0.222 e. The molecule has 1 saturated heterocycles. The van der Waals surface area contributed by atoms with Crippen molar-refractivity contribution in [3.05, 3.63) is 71.3 Å². The molecule has 2 heteroatoms. The summed E-state index contributed by atoms with van der Waals surface area (Å²) in [6.45, 7) is 3.53. The van der Waals surface area contributed by atoms with E-state index in [1.807, 2.05) is 18.2 Å². The van der Waals surface area contributed by atoms with Crippen molar-refractivity contribution in [3.63, 3.8) is 0 Å². The van der Waals surface area contributed by atoms with Gasteiger partial charge in [-0.2, -0.15) is 0 Å². The van der Waals surface area contributed by atoms with Crippen molar-refractivity contribution in [3.8, 4) is 0 Å². The van der Waals surface area contributed by atoms with E-state index >= 15 is 0 Å². The normalized spacial score (nSPS) is 18.2. The third-order valence-electron chi connectivity index (χ3n) is 3.48. The van der Waals surface area contributed by atoms with Crippen LogP contribution >= 0.6 is 0 Å². The molecule has 2 aromatic rings. The van der Waals surface area contributed by atoms with Crippen molar-refractivity contribution in [1.29, 1.82) is 0 Å². The van der Waals surface area contributed by atoms with Gasteiger partial charge >= 0.3 is 0 Å². The summed E-state index contributed by atoms with van der Waals surface area (Å²) >= 11 is 0.